The lowest BCUT2D eigenvalue weighted by Gasteiger charge is -2.15. The molecule has 0 atom stereocenters. The zero-order valence-corrected chi connectivity index (χ0v) is 11.0. The van der Waals surface area contributed by atoms with E-state index in [0.717, 1.165) is 23.5 Å². The average Bonchev–Trinajstić information content (AvgIpc) is 3.22. The Balaban J connectivity index is 1.69. The summed E-state index contributed by atoms with van der Waals surface area (Å²) in [6.07, 6.45) is 4.14. The molecule has 0 bridgehead atoms. The van der Waals surface area contributed by atoms with Crippen LogP contribution in [0.15, 0.2) is 24.5 Å². The molecule has 1 aliphatic carbocycles. The number of likely N-dealkylation sites (N-methyl/N-ethyl adjacent to an activating group) is 1. The van der Waals surface area contributed by atoms with Gasteiger partial charge in [-0.1, -0.05) is 0 Å². The first-order chi connectivity index (χ1) is 9.24. The van der Waals surface area contributed by atoms with Gasteiger partial charge in [0.15, 0.2) is 0 Å². The maximum absolute atomic E-state index is 5.77. The molecule has 1 aromatic heterocycles. The second-order valence-corrected chi connectivity index (χ2v) is 5.02. The number of hydrogen-bond acceptors (Lipinski definition) is 5. The van der Waals surface area contributed by atoms with Crippen LogP contribution in [0.3, 0.4) is 0 Å². The fraction of sp³-hybridized carbons (Fsp3) is 0.429. The van der Waals surface area contributed by atoms with Gasteiger partial charge in [-0.25, -0.2) is 9.97 Å². The summed E-state index contributed by atoms with van der Waals surface area (Å²) >= 11 is 0. The van der Waals surface area contributed by atoms with Crippen molar-refractivity contribution in [3.05, 3.63) is 24.5 Å². The lowest BCUT2D eigenvalue weighted by molar-refractivity contribution is 0.228. The molecule has 0 spiro atoms. The molecule has 0 aliphatic heterocycles. The van der Waals surface area contributed by atoms with E-state index in [1.807, 2.05) is 18.2 Å². The van der Waals surface area contributed by atoms with Crippen LogP contribution in [0.25, 0.3) is 10.9 Å². The molecular formula is C14H18N4O. The second-order valence-electron chi connectivity index (χ2n) is 5.02. The summed E-state index contributed by atoms with van der Waals surface area (Å²) in [7, 11) is 2.14. The van der Waals surface area contributed by atoms with E-state index in [1.165, 1.54) is 19.2 Å². The first kappa shape index (κ1) is 12.2. The fourth-order valence-electron chi connectivity index (χ4n) is 2.15. The van der Waals surface area contributed by atoms with Crippen LogP contribution in [-0.2, 0) is 0 Å². The maximum atomic E-state index is 5.77. The monoisotopic (exact) mass is 258 g/mol. The Morgan fingerprint density at radius 1 is 1.37 bits per heavy atom. The Kier molecular flexibility index (Phi) is 3.21. The van der Waals surface area contributed by atoms with E-state index in [4.69, 9.17) is 10.5 Å². The van der Waals surface area contributed by atoms with Gasteiger partial charge < -0.3 is 15.4 Å². The number of rotatable bonds is 5. The molecule has 1 fully saturated rings. The molecule has 1 aromatic carbocycles. The maximum Gasteiger partial charge on any atom is 0.224 e. The topological polar surface area (TPSA) is 64.3 Å². The van der Waals surface area contributed by atoms with Gasteiger partial charge in [-0.2, -0.15) is 0 Å². The van der Waals surface area contributed by atoms with Gasteiger partial charge in [0.05, 0.1) is 10.9 Å². The minimum Gasteiger partial charge on any atom is -0.476 e. The van der Waals surface area contributed by atoms with Crippen molar-refractivity contribution < 1.29 is 4.74 Å². The largest absolute Gasteiger partial charge is 0.476 e. The van der Waals surface area contributed by atoms with Crippen LogP contribution in [0.4, 0.5) is 5.69 Å². The molecule has 0 saturated heterocycles. The number of nitrogens with zero attached hydrogens (tertiary/aromatic N) is 3. The van der Waals surface area contributed by atoms with Crippen molar-refractivity contribution in [1.29, 1.82) is 0 Å². The number of anilines is 1. The van der Waals surface area contributed by atoms with Crippen molar-refractivity contribution >= 4 is 16.6 Å². The Hall–Kier alpha value is -1.88. The Labute approximate surface area is 112 Å². The predicted molar refractivity (Wildman–Crippen MR) is 75.1 cm³/mol. The molecule has 19 heavy (non-hydrogen) atoms. The Morgan fingerprint density at radius 2 is 2.21 bits per heavy atom. The van der Waals surface area contributed by atoms with Crippen molar-refractivity contribution in [3.8, 4) is 5.88 Å². The van der Waals surface area contributed by atoms with Gasteiger partial charge in [-0.3, -0.25) is 0 Å². The van der Waals surface area contributed by atoms with E-state index >= 15 is 0 Å². The van der Waals surface area contributed by atoms with Crippen LogP contribution < -0.4 is 10.5 Å². The van der Waals surface area contributed by atoms with Gasteiger partial charge >= 0.3 is 0 Å². The van der Waals surface area contributed by atoms with Crippen LogP contribution in [0, 0.1) is 0 Å². The van der Waals surface area contributed by atoms with Gasteiger partial charge in [-0.15, -0.1) is 0 Å². The Morgan fingerprint density at radius 3 is 3.00 bits per heavy atom. The molecular weight excluding hydrogens is 240 g/mol. The van der Waals surface area contributed by atoms with Crippen LogP contribution in [0.1, 0.15) is 12.8 Å². The lowest BCUT2D eigenvalue weighted by Crippen LogP contribution is -2.26. The number of hydrogen-bond donors (Lipinski definition) is 1. The number of nitrogen functional groups attached to an aromatic ring is 1. The van der Waals surface area contributed by atoms with Gasteiger partial charge in [0, 0.05) is 18.3 Å². The van der Waals surface area contributed by atoms with E-state index < -0.39 is 0 Å². The first-order valence-corrected chi connectivity index (χ1v) is 6.57. The third kappa shape index (κ3) is 2.76. The van der Waals surface area contributed by atoms with Crippen molar-refractivity contribution in [2.75, 3.05) is 25.9 Å². The molecule has 100 valence electrons. The molecule has 5 nitrogen and oxygen atoms in total. The summed E-state index contributed by atoms with van der Waals surface area (Å²) in [4.78, 5) is 10.7. The molecule has 0 amide bonds. The van der Waals surface area contributed by atoms with Crippen molar-refractivity contribution in [2.45, 2.75) is 18.9 Å². The third-order valence-corrected chi connectivity index (χ3v) is 3.48. The van der Waals surface area contributed by atoms with Crippen molar-refractivity contribution in [2.24, 2.45) is 0 Å². The minimum atomic E-state index is 0.634. The number of ether oxygens (including phenoxy) is 1. The number of nitrogens with two attached hydrogens (primary N) is 1. The van der Waals surface area contributed by atoms with E-state index in [9.17, 15) is 0 Å². The number of aromatic nitrogens is 2. The summed E-state index contributed by atoms with van der Waals surface area (Å²) in [6.45, 7) is 1.56. The second kappa shape index (κ2) is 5.01. The predicted octanol–water partition coefficient (Wildman–Crippen LogP) is 1.68. The quantitative estimate of drug-likeness (QED) is 0.827. The summed E-state index contributed by atoms with van der Waals surface area (Å²) in [5.41, 5.74) is 7.27. The summed E-state index contributed by atoms with van der Waals surface area (Å²) in [6, 6.07) is 6.34. The smallest absolute Gasteiger partial charge is 0.224 e. The van der Waals surface area contributed by atoms with E-state index in [1.54, 1.807) is 0 Å². The van der Waals surface area contributed by atoms with Crippen molar-refractivity contribution in [1.82, 2.24) is 14.9 Å². The van der Waals surface area contributed by atoms with E-state index in [2.05, 4.69) is 21.9 Å². The van der Waals surface area contributed by atoms with Gasteiger partial charge in [-0.05, 0) is 38.1 Å². The Bertz CT molecular complexity index is 583. The van der Waals surface area contributed by atoms with Crippen molar-refractivity contribution in [3.63, 3.8) is 0 Å². The highest BCUT2D eigenvalue weighted by Gasteiger charge is 2.25. The third-order valence-electron chi connectivity index (χ3n) is 3.48. The van der Waals surface area contributed by atoms with Crippen LogP contribution in [0.5, 0.6) is 5.88 Å². The van der Waals surface area contributed by atoms with Crippen LogP contribution in [0.2, 0.25) is 0 Å². The summed E-state index contributed by atoms with van der Waals surface area (Å²) in [5.74, 6) is 0.634. The molecule has 1 saturated carbocycles. The van der Waals surface area contributed by atoms with E-state index in [-0.39, 0.29) is 0 Å². The van der Waals surface area contributed by atoms with Crippen LogP contribution >= 0.6 is 0 Å². The number of fused-ring (bicyclic) bond motifs is 1. The van der Waals surface area contributed by atoms with Gasteiger partial charge in [0.1, 0.15) is 12.9 Å². The fourth-order valence-corrected chi connectivity index (χ4v) is 2.15. The molecule has 0 radical (unpaired) electrons. The molecule has 2 N–H and O–H groups in total. The zero-order chi connectivity index (χ0) is 13.2. The SMILES string of the molecule is CN(CCOc1ncnc2cc(N)ccc12)C1CC1. The molecule has 5 heteroatoms. The lowest BCUT2D eigenvalue weighted by atomic mass is 10.2. The highest BCUT2D eigenvalue weighted by atomic mass is 16.5. The summed E-state index contributed by atoms with van der Waals surface area (Å²) in [5, 5.41) is 0.908. The minimum absolute atomic E-state index is 0.634. The highest BCUT2D eigenvalue weighted by molar-refractivity contribution is 5.85. The molecule has 0 unspecified atom stereocenters. The average molecular weight is 258 g/mol. The molecule has 1 aliphatic rings. The highest BCUT2D eigenvalue weighted by Crippen LogP contribution is 2.25. The van der Waals surface area contributed by atoms with Gasteiger partial charge in [0.2, 0.25) is 5.88 Å². The summed E-state index contributed by atoms with van der Waals surface area (Å²) < 4.78 is 5.77. The zero-order valence-electron chi connectivity index (χ0n) is 11.0. The molecule has 1 heterocycles. The number of benzene rings is 1. The standard InChI is InChI=1S/C14H18N4O/c1-18(11-3-4-11)6-7-19-14-12-5-2-10(15)8-13(12)16-9-17-14/h2,5,8-9,11H,3-4,6-7,15H2,1H3. The van der Waals surface area contributed by atoms with Crippen LogP contribution in [-0.4, -0.2) is 41.1 Å². The normalized spacial score (nSPS) is 15.1. The molecule has 2 aromatic rings. The van der Waals surface area contributed by atoms with Gasteiger partial charge in [0.25, 0.3) is 0 Å². The first-order valence-electron chi connectivity index (χ1n) is 6.57. The van der Waals surface area contributed by atoms with E-state index in [0.29, 0.717) is 18.2 Å². The molecule has 3 rings (SSSR count).